The summed E-state index contributed by atoms with van der Waals surface area (Å²) in [5, 5.41) is 5.52. The Labute approximate surface area is 105 Å². The number of nitrogens with two attached hydrogens (primary N) is 1. The Morgan fingerprint density at radius 3 is 2.41 bits per heavy atom. The third kappa shape index (κ3) is 2.57. The first-order valence-electron chi connectivity index (χ1n) is 5.87. The minimum atomic E-state index is -0.691. The lowest BCUT2D eigenvalue weighted by molar-refractivity contribution is -0.130. The molecule has 2 amide bonds. The summed E-state index contributed by atoms with van der Waals surface area (Å²) >= 11 is 4.89. The second-order valence-corrected chi connectivity index (χ2v) is 5.36. The lowest BCUT2D eigenvalue weighted by Gasteiger charge is -2.18. The van der Waals surface area contributed by atoms with Crippen molar-refractivity contribution in [1.29, 1.82) is 0 Å². The van der Waals surface area contributed by atoms with E-state index < -0.39 is 11.5 Å². The molecule has 0 aromatic rings. The lowest BCUT2D eigenvalue weighted by atomic mass is 10.1. The zero-order chi connectivity index (χ0) is 12.6. The van der Waals surface area contributed by atoms with Crippen molar-refractivity contribution in [1.82, 2.24) is 10.6 Å². The highest BCUT2D eigenvalue weighted by Crippen LogP contribution is 2.46. The van der Waals surface area contributed by atoms with E-state index in [2.05, 4.69) is 10.6 Å². The maximum absolute atomic E-state index is 11.9. The van der Waals surface area contributed by atoms with Gasteiger partial charge in [-0.1, -0.05) is 12.2 Å². The molecule has 0 aromatic carbocycles. The molecule has 2 rings (SSSR count). The van der Waals surface area contributed by atoms with E-state index in [1.165, 1.54) is 0 Å². The summed E-state index contributed by atoms with van der Waals surface area (Å²) in [4.78, 5) is 23.8. The zero-order valence-corrected chi connectivity index (χ0v) is 10.6. The van der Waals surface area contributed by atoms with Crippen LogP contribution in [0.25, 0.3) is 0 Å². The first-order valence-corrected chi connectivity index (χ1v) is 6.28. The predicted molar refractivity (Wildman–Crippen MR) is 67.2 cm³/mol. The Morgan fingerprint density at radius 2 is 2.00 bits per heavy atom. The van der Waals surface area contributed by atoms with Gasteiger partial charge in [-0.3, -0.25) is 9.59 Å². The van der Waals surface area contributed by atoms with E-state index in [9.17, 15) is 9.59 Å². The topological polar surface area (TPSA) is 84.2 Å². The van der Waals surface area contributed by atoms with Gasteiger partial charge in [-0.2, -0.15) is 0 Å². The van der Waals surface area contributed by atoms with Crippen molar-refractivity contribution in [2.75, 3.05) is 0 Å². The fourth-order valence-electron chi connectivity index (χ4n) is 1.66. The van der Waals surface area contributed by atoms with Crippen LogP contribution in [0.2, 0.25) is 0 Å². The third-order valence-corrected chi connectivity index (χ3v) is 3.71. The lowest BCUT2D eigenvalue weighted by Crippen LogP contribution is -2.49. The largest absolute Gasteiger partial charge is 0.392 e. The van der Waals surface area contributed by atoms with Gasteiger partial charge in [0.15, 0.2) is 0 Å². The van der Waals surface area contributed by atoms with Crippen LogP contribution in [0.3, 0.4) is 0 Å². The third-order valence-electron chi connectivity index (χ3n) is 3.32. The minimum absolute atomic E-state index is 0.139. The molecular weight excluding hydrogens is 238 g/mol. The van der Waals surface area contributed by atoms with Crippen LogP contribution in [0.1, 0.15) is 32.6 Å². The van der Waals surface area contributed by atoms with Gasteiger partial charge in [-0.15, -0.1) is 0 Å². The van der Waals surface area contributed by atoms with Gasteiger partial charge in [0.2, 0.25) is 11.8 Å². The summed E-state index contributed by atoms with van der Waals surface area (Å²) in [6, 6.07) is -0.234. The monoisotopic (exact) mass is 255 g/mol. The number of hydrogen-bond donors (Lipinski definition) is 3. The molecule has 2 saturated carbocycles. The minimum Gasteiger partial charge on any atom is -0.392 e. The molecule has 0 aromatic heterocycles. The quantitative estimate of drug-likeness (QED) is 0.596. The van der Waals surface area contributed by atoms with Crippen molar-refractivity contribution >= 4 is 29.0 Å². The Morgan fingerprint density at radius 1 is 1.41 bits per heavy atom. The average Bonchev–Trinajstić information content (AvgIpc) is 3.12. The Balaban J connectivity index is 1.85. The fourth-order valence-corrected chi connectivity index (χ4v) is 1.96. The summed E-state index contributed by atoms with van der Waals surface area (Å²) < 4.78 is 0. The molecule has 6 heteroatoms. The van der Waals surface area contributed by atoms with E-state index in [1.807, 2.05) is 0 Å². The Kier molecular flexibility index (Phi) is 3.07. The summed E-state index contributed by atoms with van der Waals surface area (Å²) in [6.07, 6.45) is 3.43. The molecule has 0 saturated heterocycles. The number of carbonyl (C=O) groups is 2. The molecule has 1 atom stereocenters. The smallest absolute Gasteiger partial charge is 0.242 e. The Hall–Kier alpha value is -1.17. The summed E-state index contributed by atoms with van der Waals surface area (Å²) in [7, 11) is 0. The van der Waals surface area contributed by atoms with Gasteiger partial charge in [0, 0.05) is 6.04 Å². The van der Waals surface area contributed by atoms with Crippen LogP contribution in [0.4, 0.5) is 0 Å². The molecule has 0 spiro atoms. The first kappa shape index (κ1) is 12.3. The second kappa shape index (κ2) is 4.25. The van der Waals surface area contributed by atoms with Crippen LogP contribution >= 0.6 is 12.2 Å². The standard InChI is InChI=1S/C11H17N3O2S/c1-6(8(15)14-7-2-3-7)13-10(16)11(4-5-11)9(12)17/h6-7H,2-5H2,1H3,(H2,12,17)(H,13,16)(H,14,15). The molecule has 0 heterocycles. The van der Waals surface area contributed by atoms with Crippen molar-refractivity contribution in [2.24, 2.45) is 11.1 Å². The summed E-state index contributed by atoms with van der Waals surface area (Å²) in [5.41, 5.74) is 4.86. The Bertz CT molecular complexity index is 375. The van der Waals surface area contributed by atoms with Crippen LogP contribution in [0.5, 0.6) is 0 Å². The second-order valence-electron chi connectivity index (χ2n) is 4.92. The van der Waals surface area contributed by atoms with E-state index in [1.54, 1.807) is 6.92 Å². The molecule has 0 bridgehead atoms. The molecule has 2 aliphatic rings. The predicted octanol–water partition coefficient (Wildman–Crippen LogP) is -0.164. The van der Waals surface area contributed by atoms with Crippen LogP contribution < -0.4 is 16.4 Å². The maximum Gasteiger partial charge on any atom is 0.242 e. The maximum atomic E-state index is 11.9. The van der Waals surface area contributed by atoms with E-state index in [0.717, 1.165) is 12.8 Å². The molecule has 1 unspecified atom stereocenters. The normalized spacial score (nSPS) is 22.4. The van der Waals surface area contributed by atoms with Crippen molar-refractivity contribution in [2.45, 2.75) is 44.7 Å². The van der Waals surface area contributed by atoms with Gasteiger partial charge < -0.3 is 16.4 Å². The number of thiocarbonyl (C=S) groups is 1. The van der Waals surface area contributed by atoms with Crippen molar-refractivity contribution in [3.8, 4) is 0 Å². The van der Waals surface area contributed by atoms with Crippen molar-refractivity contribution in [3.05, 3.63) is 0 Å². The van der Waals surface area contributed by atoms with E-state index in [0.29, 0.717) is 18.9 Å². The van der Waals surface area contributed by atoms with Crippen molar-refractivity contribution < 1.29 is 9.59 Å². The van der Waals surface area contributed by atoms with Gasteiger partial charge in [0.05, 0.1) is 10.4 Å². The molecule has 4 N–H and O–H groups in total. The molecule has 94 valence electrons. The molecular formula is C11H17N3O2S. The summed E-state index contributed by atoms with van der Waals surface area (Å²) in [6.45, 7) is 1.67. The SMILES string of the molecule is CC(NC(=O)C1(C(N)=S)CC1)C(=O)NC1CC1. The van der Waals surface area contributed by atoms with E-state index in [4.69, 9.17) is 18.0 Å². The highest BCUT2D eigenvalue weighted by molar-refractivity contribution is 7.80. The van der Waals surface area contributed by atoms with Gasteiger partial charge >= 0.3 is 0 Å². The number of nitrogens with one attached hydrogen (secondary N) is 2. The van der Waals surface area contributed by atoms with Crippen LogP contribution in [0, 0.1) is 5.41 Å². The zero-order valence-electron chi connectivity index (χ0n) is 9.79. The molecule has 0 radical (unpaired) electrons. The molecule has 0 aliphatic heterocycles. The molecule has 2 fully saturated rings. The van der Waals surface area contributed by atoms with Gasteiger partial charge in [-0.05, 0) is 32.6 Å². The number of hydrogen-bond acceptors (Lipinski definition) is 3. The molecule has 5 nitrogen and oxygen atoms in total. The van der Waals surface area contributed by atoms with Gasteiger partial charge in [-0.25, -0.2) is 0 Å². The highest BCUT2D eigenvalue weighted by Gasteiger charge is 2.53. The fraction of sp³-hybridized carbons (Fsp3) is 0.727. The van der Waals surface area contributed by atoms with Crippen molar-refractivity contribution in [3.63, 3.8) is 0 Å². The first-order chi connectivity index (χ1) is 7.95. The molecule has 2 aliphatic carbocycles. The van der Waals surface area contributed by atoms with Crippen LogP contribution in [0.15, 0.2) is 0 Å². The average molecular weight is 255 g/mol. The van der Waals surface area contributed by atoms with Crippen LogP contribution in [-0.2, 0) is 9.59 Å². The van der Waals surface area contributed by atoms with Gasteiger partial charge in [0.1, 0.15) is 6.04 Å². The molecule has 17 heavy (non-hydrogen) atoms. The van der Waals surface area contributed by atoms with E-state index >= 15 is 0 Å². The number of carbonyl (C=O) groups excluding carboxylic acids is 2. The van der Waals surface area contributed by atoms with Gasteiger partial charge in [0.25, 0.3) is 0 Å². The number of rotatable bonds is 5. The highest BCUT2D eigenvalue weighted by atomic mass is 32.1. The summed E-state index contributed by atoms with van der Waals surface area (Å²) in [5.74, 6) is -0.358. The van der Waals surface area contributed by atoms with E-state index in [-0.39, 0.29) is 16.8 Å². The number of amides is 2. The van der Waals surface area contributed by atoms with Crippen LogP contribution in [-0.4, -0.2) is 28.9 Å².